The lowest BCUT2D eigenvalue weighted by Crippen LogP contribution is -2.43. The molecule has 4 heterocycles. The van der Waals surface area contributed by atoms with E-state index in [1.165, 1.54) is 0 Å². The van der Waals surface area contributed by atoms with Crippen LogP contribution in [0.5, 0.6) is 0 Å². The number of H-pyrrole nitrogens is 1. The predicted octanol–water partition coefficient (Wildman–Crippen LogP) is 1.53. The predicted molar refractivity (Wildman–Crippen MR) is 95.8 cm³/mol. The summed E-state index contributed by atoms with van der Waals surface area (Å²) in [6.45, 7) is 2.93. The van der Waals surface area contributed by atoms with Gasteiger partial charge in [0.1, 0.15) is 5.69 Å². The molecule has 0 saturated carbocycles. The summed E-state index contributed by atoms with van der Waals surface area (Å²) < 4.78 is 10.3. The molecule has 0 radical (unpaired) electrons. The number of nitrogens with one attached hydrogen (secondary N) is 2. The lowest BCUT2D eigenvalue weighted by atomic mass is 9.95. The van der Waals surface area contributed by atoms with Crippen LogP contribution in [0.3, 0.4) is 0 Å². The Labute approximate surface area is 160 Å². The molecule has 0 unspecified atom stereocenters. The topological polar surface area (TPSA) is 130 Å². The molecule has 1 fully saturated rings. The Hall–Kier alpha value is -3.43. The molecule has 2 N–H and O–H groups in total. The van der Waals surface area contributed by atoms with Crippen molar-refractivity contribution in [1.82, 2.24) is 30.6 Å². The highest BCUT2D eigenvalue weighted by molar-refractivity contribution is 5.93. The Morgan fingerprint density at radius 3 is 2.86 bits per heavy atom. The minimum absolute atomic E-state index is 0.0668. The zero-order chi connectivity index (χ0) is 19.5. The van der Waals surface area contributed by atoms with Crippen LogP contribution in [0.25, 0.3) is 11.5 Å². The third-order valence-electron chi connectivity index (χ3n) is 4.72. The van der Waals surface area contributed by atoms with Crippen LogP contribution in [0.4, 0.5) is 0 Å². The molecule has 0 aromatic carbocycles. The van der Waals surface area contributed by atoms with Crippen LogP contribution >= 0.6 is 0 Å². The minimum Gasteiger partial charge on any atom is -0.463 e. The van der Waals surface area contributed by atoms with E-state index in [4.69, 9.17) is 8.94 Å². The van der Waals surface area contributed by atoms with E-state index < -0.39 is 0 Å². The third-order valence-corrected chi connectivity index (χ3v) is 4.72. The summed E-state index contributed by atoms with van der Waals surface area (Å²) in [6, 6.07) is 5.24. The van der Waals surface area contributed by atoms with Crippen LogP contribution in [0.15, 0.2) is 33.4 Å². The molecule has 10 nitrogen and oxygen atoms in total. The van der Waals surface area contributed by atoms with Gasteiger partial charge < -0.3 is 19.2 Å². The molecule has 4 rings (SSSR count). The maximum atomic E-state index is 12.7. The van der Waals surface area contributed by atoms with Crippen molar-refractivity contribution in [2.75, 3.05) is 13.1 Å². The van der Waals surface area contributed by atoms with Gasteiger partial charge in [0.25, 0.3) is 5.91 Å². The second-order valence-corrected chi connectivity index (χ2v) is 6.66. The van der Waals surface area contributed by atoms with Gasteiger partial charge in [0.15, 0.2) is 17.3 Å². The Balaban J connectivity index is 1.28. The van der Waals surface area contributed by atoms with Gasteiger partial charge in [0.2, 0.25) is 11.8 Å². The van der Waals surface area contributed by atoms with E-state index in [-0.39, 0.29) is 24.3 Å². The highest BCUT2D eigenvalue weighted by Gasteiger charge is 2.29. The highest BCUT2D eigenvalue weighted by Crippen LogP contribution is 2.22. The van der Waals surface area contributed by atoms with Crippen molar-refractivity contribution < 1.29 is 18.5 Å². The zero-order valence-electron chi connectivity index (χ0n) is 15.3. The molecule has 2 amide bonds. The first-order valence-electron chi connectivity index (χ1n) is 9.05. The Morgan fingerprint density at radius 2 is 2.18 bits per heavy atom. The molecule has 0 spiro atoms. The van der Waals surface area contributed by atoms with Gasteiger partial charge in [-0.1, -0.05) is 5.16 Å². The quantitative estimate of drug-likeness (QED) is 0.682. The molecule has 10 heteroatoms. The van der Waals surface area contributed by atoms with Crippen molar-refractivity contribution in [3.8, 4) is 11.5 Å². The maximum Gasteiger partial charge on any atom is 0.274 e. The smallest absolute Gasteiger partial charge is 0.274 e. The fraction of sp³-hybridized carbons (Fsp3) is 0.389. The van der Waals surface area contributed by atoms with Gasteiger partial charge in [-0.3, -0.25) is 14.7 Å². The molecule has 1 saturated heterocycles. The molecule has 146 valence electrons. The van der Waals surface area contributed by atoms with Crippen molar-refractivity contribution in [1.29, 1.82) is 0 Å². The molecular weight excluding hydrogens is 364 g/mol. The summed E-state index contributed by atoms with van der Waals surface area (Å²) in [5.41, 5.74) is 0.986. The van der Waals surface area contributed by atoms with Gasteiger partial charge in [-0.05, 0) is 31.9 Å². The maximum absolute atomic E-state index is 12.7. The molecular formula is C18H20N6O4. The van der Waals surface area contributed by atoms with E-state index in [1.54, 1.807) is 36.3 Å². The van der Waals surface area contributed by atoms with Crippen molar-refractivity contribution in [3.05, 3.63) is 41.9 Å². The number of aromatic nitrogens is 4. The molecule has 0 atom stereocenters. The van der Waals surface area contributed by atoms with Crippen LogP contribution in [0.1, 0.15) is 35.0 Å². The van der Waals surface area contributed by atoms with E-state index in [2.05, 4.69) is 25.7 Å². The van der Waals surface area contributed by atoms with Crippen molar-refractivity contribution in [2.45, 2.75) is 26.3 Å². The Bertz CT molecular complexity index is 953. The first kappa shape index (κ1) is 18.0. The standard InChI is InChI=1S/C18H20N6O4/c1-11-20-16(28-23-11)10-19-17(25)12-4-6-24(7-5-12)18(26)14-9-13(21-22-14)15-3-2-8-27-15/h2-3,8-9,12H,4-7,10H2,1H3,(H,19,25)(H,21,22). The summed E-state index contributed by atoms with van der Waals surface area (Å²) in [6.07, 6.45) is 2.75. The summed E-state index contributed by atoms with van der Waals surface area (Å²) in [7, 11) is 0. The van der Waals surface area contributed by atoms with Crippen LogP contribution in [0.2, 0.25) is 0 Å². The average molecular weight is 384 g/mol. The number of aromatic amines is 1. The lowest BCUT2D eigenvalue weighted by molar-refractivity contribution is -0.126. The molecule has 1 aliphatic heterocycles. The van der Waals surface area contributed by atoms with Crippen molar-refractivity contribution >= 4 is 11.8 Å². The molecule has 3 aromatic rings. The summed E-state index contributed by atoms with van der Waals surface area (Å²) in [4.78, 5) is 30.8. The molecule has 3 aromatic heterocycles. The number of furan rings is 1. The van der Waals surface area contributed by atoms with Crippen LogP contribution in [0, 0.1) is 12.8 Å². The van der Waals surface area contributed by atoms with Gasteiger partial charge in [-0.2, -0.15) is 10.1 Å². The van der Waals surface area contributed by atoms with Crippen LogP contribution < -0.4 is 5.32 Å². The number of amides is 2. The summed E-state index contributed by atoms with van der Waals surface area (Å²) >= 11 is 0. The third kappa shape index (κ3) is 3.80. The summed E-state index contributed by atoms with van der Waals surface area (Å²) in [5.74, 6) is 1.16. The number of likely N-dealkylation sites (tertiary alicyclic amines) is 1. The van der Waals surface area contributed by atoms with Gasteiger partial charge in [-0.15, -0.1) is 0 Å². The number of nitrogens with zero attached hydrogens (tertiary/aromatic N) is 4. The number of hydrogen-bond acceptors (Lipinski definition) is 7. The summed E-state index contributed by atoms with van der Waals surface area (Å²) in [5, 5.41) is 13.4. The number of hydrogen-bond donors (Lipinski definition) is 2. The van der Waals surface area contributed by atoms with E-state index in [9.17, 15) is 9.59 Å². The van der Waals surface area contributed by atoms with Gasteiger partial charge in [0, 0.05) is 25.1 Å². The number of aryl methyl sites for hydroxylation is 1. The van der Waals surface area contributed by atoms with Crippen molar-refractivity contribution in [2.24, 2.45) is 5.92 Å². The second-order valence-electron chi connectivity index (χ2n) is 6.66. The number of carbonyl (C=O) groups is 2. The van der Waals surface area contributed by atoms with E-state index in [0.717, 1.165) is 0 Å². The normalized spacial score (nSPS) is 15.0. The molecule has 0 bridgehead atoms. The fourth-order valence-electron chi connectivity index (χ4n) is 3.21. The highest BCUT2D eigenvalue weighted by atomic mass is 16.5. The van der Waals surface area contributed by atoms with E-state index in [1.807, 2.05) is 0 Å². The number of carbonyl (C=O) groups excluding carboxylic acids is 2. The first-order valence-corrected chi connectivity index (χ1v) is 9.05. The molecule has 28 heavy (non-hydrogen) atoms. The number of rotatable bonds is 5. The molecule has 0 aliphatic carbocycles. The van der Waals surface area contributed by atoms with Gasteiger partial charge in [0.05, 0.1) is 12.8 Å². The molecule has 1 aliphatic rings. The van der Waals surface area contributed by atoms with Crippen LogP contribution in [-0.4, -0.2) is 50.1 Å². The SMILES string of the molecule is Cc1noc(CNC(=O)C2CCN(C(=O)c3cc(-c4ccco4)[nH]n3)CC2)n1. The number of piperidine rings is 1. The fourth-order valence-corrected chi connectivity index (χ4v) is 3.21. The first-order chi connectivity index (χ1) is 13.6. The largest absolute Gasteiger partial charge is 0.463 e. The van der Waals surface area contributed by atoms with E-state index >= 15 is 0 Å². The Morgan fingerprint density at radius 1 is 1.36 bits per heavy atom. The zero-order valence-corrected chi connectivity index (χ0v) is 15.3. The monoisotopic (exact) mass is 384 g/mol. The average Bonchev–Trinajstić information content (AvgIpc) is 3.46. The van der Waals surface area contributed by atoms with Crippen molar-refractivity contribution in [3.63, 3.8) is 0 Å². The second kappa shape index (κ2) is 7.67. The van der Waals surface area contributed by atoms with Gasteiger partial charge >= 0.3 is 0 Å². The van der Waals surface area contributed by atoms with Crippen LogP contribution in [-0.2, 0) is 11.3 Å². The van der Waals surface area contributed by atoms with E-state index in [0.29, 0.717) is 54.8 Å². The minimum atomic E-state index is -0.158. The van der Waals surface area contributed by atoms with Gasteiger partial charge in [-0.25, -0.2) is 0 Å². The Kier molecular flexibility index (Phi) is 4.92. The lowest BCUT2D eigenvalue weighted by Gasteiger charge is -2.30.